The lowest BCUT2D eigenvalue weighted by Gasteiger charge is -2.10. The fourth-order valence-corrected chi connectivity index (χ4v) is 1.80. The molecule has 0 unspecified atom stereocenters. The largest absolute Gasteiger partial charge is 0.497 e. The summed E-state index contributed by atoms with van der Waals surface area (Å²) < 4.78 is 72.8. The lowest BCUT2D eigenvalue weighted by molar-refractivity contribution is 0.407. The molecule has 21 heavy (non-hydrogen) atoms. The number of rotatable bonds is 3. The smallest absolute Gasteiger partial charge is 0.207 e. The second-order valence-electron chi connectivity index (χ2n) is 4.34. The van der Waals surface area contributed by atoms with E-state index < -0.39 is 45.6 Å². The molecule has 0 saturated carbocycles. The fourth-order valence-electron chi connectivity index (χ4n) is 1.80. The molecule has 0 amide bonds. The van der Waals surface area contributed by atoms with Crippen molar-refractivity contribution in [2.24, 2.45) is 0 Å². The van der Waals surface area contributed by atoms with Crippen molar-refractivity contribution in [3.63, 3.8) is 0 Å². The zero-order valence-corrected chi connectivity index (χ0v) is 11.1. The monoisotopic (exact) mass is 299 g/mol. The first-order chi connectivity index (χ1) is 9.85. The van der Waals surface area contributed by atoms with Crippen LogP contribution in [-0.4, -0.2) is 14.4 Å². The topological polar surface area (TPSA) is 9.23 Å². The second kappa shape index (κ2) is 5.75. The minimum Gasteiger partial charge on any atom is -0.497 e. The van der Waals surface area contributed by atoms with E-state index >= 15 is 0 Å². The Balaban J connectivity index is 2.51. The van der Waals surface area contributed by atoms with Crippen LogP contribution in [0.3, 0.4) is 0 Å². The Morgan fingerprint density at radius 2 is 1.33 bits per heavy atom. The first-order valence-corrected chi connectivity index (χ1v) is 5.87. The predicted molar refractivity (Wildman–Crippen MR) is 69.0 cm³/mol. The maximum Gasteiger partial charge on any atom is 0.207 e. The molecule has 0 aliphatic rings. The van der Waals surface area contributed by atoms with E-state index in [-0.39, 0.29) is 5.75 Å². The standard InChI is InChI=1S/C14H9BF5O/c1-6-8(16)5-11(19)13(14(6)20)15-12-9(17)3-7(21-2)4-10(12)18/h3-5H,1-2H3. The number of hydrogen-bond donors (Lipinski definition) is 0. The minimum atomic E-state index is -1.25. The predicted octanol–water partition coefficient (Wildman–Crippen LogP) is 2.35. The summed E-state index contributed by atoms with van der Waals surface area (Å²) in [4.78, 5) is 0. The summed E-state index contributed by atoms with van der Waals surface area (Å²) in [5.41, 5.74) is -1.78. The van der Waals surface area contributed by atoms with Crippen molar-refractivity contribution in [3.8, 4) is 5.75 Å². The Labute approximate surface area is 118 Å². The van der Waals surface area contributed by atoms with Crippen molar-refractivity contribution in [3.05, 3.63) is 52.8 Å². The van der Waals surface area contributed by atoms with E-state index in [0.717, 1.165) is 19.1 Å². The van der Waals surface area contributed by atoms with Crippen LogP contribution in [0.2, 0.25) is 0 Å². The van der Waals surface area contributed by atoms with Crippen LogP contribution in [0.15, 0.2) is 18.2 Å². The molecule has 0 spiro atoms. The third-order valence-electron chi connectivity index (χ3n) is 3.01. The lowest BCUT2D eigenvalue weighted by Crippen LogP contribution is -2.37. The molecule has 0 aromatic heterocycles. The highest BCUT2D eigenvalue weighted by atomic mass is 19.2. The van der Waals surface area contributed by atoms with Gasteiger partial charge in [0.15, 0.2) is 0 Å². The highest BCUT2D eigenvalue weighted by Gasteiger charge is 2.21. The summed E-state index contributed by atoms with van der Waals surface area (Å²) in [5.74, 6) is -5.69. The molecule has 0 aliphatic carbocycles. The highest BCUT2D eigenvalue weighted by Crippen LogP contribution is 2.14. The Morgan fingerprint density at radius 3 is 1.86 bits per heavy atom. The van der Waals surface area contributed by atoms with Crippen LogP contribution < -0.4 is 15.7 Å². The van der Waals surface area contributed by atoms with E-state index in [4.69, 9.17) is 0 Å². The van der Waals surface area contributed by atoms with Crippen LogP contribution in [0.1, 0.15) is 5.56 Å². The third-order valence-corrected chi connectivity index (χ3v) is 3.01. The van der Waals surface area contributed by atoms with Crippen LogP contribution in [0, 0.1) is 36.0 Å². The summed E-state index contributed by atoms with van der Waals surface area (Å²) in [6, 6.07) is 2.21. The molecule has 2 rings (SSSR count). The van der Waals surface area contributed by atoms with Gasteiger partial charge in [0.2, 0.25) is 7.28 Å². The minimum absolute atomic E-state index is 0.0709. The average molecular weight is 299 g/mol. The highest BCUT2D eigenvalue weighted by molar-refractivity contribution is 6.67. The molecule has 1 nitrogen and oxygen atoms in total. The van der Waals surface area contributed by atoms with Crippen LogP contribution in [-0.2, 0) is 0 Å². The summed E-state index contributed by atoms with van der Waals surface area (Å²) in [5, 5.41) is 0. The number of methoxy groups -OCH3 is 1. The molecule has 0 fully saturated rings. The van der Waals surface area contributed by atoms with E-state index in [1.165, 1.54) is 7.11 Å². The third kappa shape index (κ3) is 2.86. The van der Waals surface area contributed by atoms with Gasteiger partial charge in [0, 0.05) is 23.8 Å². The summed E-state index contributed by atoms with van der Waals surface area (Å²) in [7, 11) is 1.88. The van der Waals surface area contributed by atoms with Crippen molar-refractivity contribution in [1.29, 1.82) is 0 Å². The van der Waals surface area contributed by atoms with Gasteiger partial charge < -0.3 is 4.74 Å². The maximum absolute atomic E-state index is 13.8. The first-order valence-electron chi connectivity index (χ1n) is 5.87. The number of benzene rings is 2. The Bertz CT molecular complexity index is 679. The molecular formula is C14H9BF5O. The average Bonchev–Trinajstić information content (AvgIpc) is 2.43. The second-order valence-corrected chi connectivity index (χ2v) is 4.34. The van der Waals surface area contributed by atoms with Crippen molar-refractivity contribution >= 4 is 18.2 Å². The number of hydrogen-bond acceptors (Lipinski definition) is 1. The summed E-state index contributed by atoms with van der Waals surface area (Å²) >= 11 is 0. The SMILES string of the molecule is COc1cc(F)c([B]c2c(F)cc(F)c(C)c2F)c(F)c1. The van der Waals surface area contributed by atoms with E-state index in [1.807, 2.05) is 0 Å². The van der Waals surface area contributed by atoms with E-state index in [1.54, 1.807) is 0 Å². The van der Waals surface area contributed by atoms with Gasteiger partial charge in [-0.15, -0.1) is 0 Å². The van der Waals surface area contributed by atoms with Crippen LogP contribution in [0.4, 0.5) is 22.0 Å². The van der Waals surface area contributed by atoms with E-state index in [2.05, 4.69) is 4.74 Å². The van der Waals surface area contributed by atoms with Gasteiger partial charge >= 0.3 is 0 Å². The van der Waals surface area contributed by atoms with Crippen molar-refractivity contribution in [2.45, 2.75) is 6.92 Å². The Hall–Kier alpha value is -2.05. The molecule has 0 heterocycles. The van der Waals surface area contributed by atoms with Gasteiger partial charge in [-0.25, -0.2) is 22.0 Å². The molecule has 0 N–H and O–H groups in total. The lowest BCUT2D eigenvalue weighted by atomic mass is 9.62. The molecule has 0 atom stereocenters. The molecular weight excluding hydrogens is 290 g/mol. The van der Waals surface area contributed by atoms with Gasteiger partial charge in [0.25, 0.3) is 0 Å². The van der Waals surface area contributed by atoms with Crippen LogP contribution in [0.5, 0.6) is 5.75 Å². The summed E-state index contributed by atoms with van der Waals surface area (Å²) in [6.07, 6.45) is 0. The van der Waals surface area contributed by atoms with Gasteiger partial charge in [0.1, 0.15) is 34.8 Å². The van der Waals surface area contributed by atoms with Crippen molar-refractivity contribution in [2.75, 3.05) is 7.11 Å². The van der Waals surface area contributed by atoms with Crippen LogP contribution >= 0.6 is 0 Å². The molecule has 2 aromatic carbocycles. The first kappa shape index (κ1) is 15.3. The molecule has 7 heteroatoms. The van der Waals surface area contributed by atoms with Gasteiger partial charge in [-0.2, -0.15) is 0 Å². The van der Waals surface area contributed by atoms with Crippen molar-refractivity contribution < 1.29 is 26.7 Å². The number of halogens is 5. The molecule has 2 aromatic rings. The summed E-state index contributed by atoms with van der Waals surface area (Å²) in [6.45, 7) is 1.10. The zero-order chi connectivity index (χ0) is 15.7. The number of ether oxygens (including phenoxy) is 1. The molecule has 1 radical (unpaired) electrons. The maximum atomic E-state index is 13.8. The molecule has 0 bridgehead atoms. The van der Waals surface area contributed by atoms with Gasteiger partial charge in [0.05, 0.1) is 7.11 Å². The normalized spacial score (nSPS) is 10.6. The quantitative estimate of drug-likeness (QED) is 0.624. The van der Waals surface area contributed by atoms with Crippen molar-refractivity contribution in [1.82, 2.24) is 0 Å². The molecule has 0 aliphatic heterocycles. The van der Waals surface area contributed by atoms with Gasteiger partial charge in [-0.05, 0) is 17.8 Å². The van der Waals surface area contributed by atoms with Gasteiger partial charge in [-0.1, -0.05) is 0 Å². The fraction of sp³-hybridized carbons (Fsp3) is 0.143. The van der Waals surface area contributed by atoms with Crippen LogP contribution in [0.25, 0.3) is 0 Å². The molecule has 0 saturated heterocycles. The zero-order valence-electron chi connectivity index (χ0n) is 11.1. The Morgan fingerprint density at radius 1 is 0.810 bits per heavy atom. The molecule has 109 valence electrons. The Kier molecular flexibility index (Phi) is 4.20. The van der Waals surface area contributed by atoms with E-state index in [9.17, 15) is 22.0 Å². The van der Waals surface area contributed by atoms with E-state index in [0.29, 0.717) is 13.3 Å². The van der Waals surface area contributed by atoms with Gasteiger partial charge in [-0.3, -0.25) is 0 Å².